The van der Waals surface area contributed by atoms with E-state index in [0.29, 0.717) is 11.6 Å². The van der Waals surface area contributed by atoms with E-state index in [1.807, 2.05) is 20.8 Å². The molecule has 8 heteroatoms. The zero-order valence-electron chi connectivity index (χ0n) is 11.0. The first-order valence-corrected chi connectivity index (χ1v) is 6.57. The van der Waals surface area contributed by atoms with E-state index in [-0.39, 0.29) is 17.0 Å². The van der Waals surface area contributed by atoms with Crippen LogP contribution in [0.5, 0.6) is 0 Å². The van der Waals surface area contributed by atoms with Gasteiger partial charge in [0, 0.05) is 6.54 Å². The number of nitro groups is 1. The van der Waals surface area contributed by atoms with Crippen LogP contribution in [-0.2, 0) is 4.79 Å². The predicted octanol–water partition coefficient (Wildman–Crippen LogP) is 2.60. The Morgan fingerprint density at radius 3 is 2.68 bits per heavy atom. The van der Waals surface area contributed by atoms with Crippen LogP contribution in [-0.4, -0.2) is 27.5 Å². The molecule has 1 atom stereocenters. The lowest BCUT2D eigenvalue weighted by molar-refractivity contribution is -0.380. The maximum Gasteiger partial charge on any atom is 0.345 e. The van der Waals surface area contributed by atoms with Crippen LogP contribution in [0.2, 0.25) is 0 Å². The van der Waals surface area contributed by atoms with E-state index in [4.69, 9.17) is 5.11 Å². The third-order valence-electron chi connectivity index (χ3n) is 2.38. The standard InChI is InChI=1S/C11H17N3O4S/c1-11(2,3)4-7(9(15)16)5-12-10-13-6-8(19-10)14(17)18/h6-7H,4-5H2,1-3H3,(H,12,13)(H,15,16). The SMILES string of the molecule is CC(C)(C)CC(CNc1ncc([N+](=O)[O-])s1)C(=O)O. The smallest absolute Gasteiger partial charge is 0.345 e. The van der Waals surface area contributed by atoms with E-state index in [2.05, 4.69) is 10.3 Å². The van der Waals surface area contributed by atoms with Crippen LogP contribution in [0, 0.1) is 21.4 Å². The predicted molar refractivity (Wildman–Crippen MR) is 72.5 cm³/mol. The molecule has 19 heavy (non-hydrogen) atoms. The van der Waals surface area contributed by atoms with Crippen LogP contribution in [0.25, 0.3) is 0 Å². The van der Waals surface area contributed by atoms with Crippen molar-refractivity contribution >= 4 is 27.4 Å². The zero-order chi connectivity index (χ0) is 14.6. The van der Waals surface area contributed by atoms with Crippen molar-refractivity contribution in [1.82, 2.24) is 4.98 Å². The molecule has 2 N–H and O–H groups in total. The number of aliphatic carboxylic acids is 1. The molecule has 1 aromatic rings. The molecule has 0 saturated carbocycles. The molecule has 106 valence electrons. The highest BCUT2D eigenvalue weighted by Gasteiger charge is 2.25. The van der Waals surface area contributed by atoms with E-state index >= 15 is 0 Å². The molecule has 1 heterocycles. The molecule has 0 amide bonds. The van der Waals surface area contributed by atoms with E-state index < -0.39 is 16.8 Å². The van der Waals surface area contributed by atoms with Gasteiger partial charge in [0.05, 0.1) is 10.8 Å². The Bertz CT molecular complexity index is 467. The molecule has 0 spiro atoms. The quantitative estimate of drug-likeness (QED) is 0.615. The summed E-state index contributed by atoms with van der Waals surface area (Å²) in [5.41, 5.74) is -0.0976. The Kier molecular flexibility index (Phi) is 4.82. The van der Waals surface area contributed by atoms with Gasteiger partial charge < -0.3 is 10.4 Å². The lowest BCUT2D eigenvalue weighted by atomic mass is 9.84. The van der Waals surface area contributed by atoms with Crippen molar-refractivity contribution in [3.8, 4) is 0 Å². The number of carboxylic acid groups (broad SMARTS) is 1. The number of anilines is 1. The second-order valence-electron chi connectivity index (χ2n) is 5.44. The van der Waals surface area contributed by atoms with Crippen molar-refractivity contribution in [3.63, 3.8) is 0 Å². The molecule has 0 aliphatic carbocycles. The summed E-state index contributed by atoms with van der Waals surface area (Å²) < 4.78 is 0. The van der Waals surface area contributed by atoms with Gasteiger partial charge in [-0.05, 0) is 23.2 Å². The van der Waals surface area contributed by atoms with Gasteiger partial charge in [0.1, 0.15) is 6.20 Å². The van der Waals surface area contributed by atoms with Crippen molar-refractivity contribution in [2.75, 3.05) is 11.9 Å². The van der Waals surface area contributed by atoms with Gasteiger partial charge in [-0.2, -0.15) is 0 Å². The highest BCUT2D eigenvalue weighted by molar-refractivity contribution is 7.18. The highest BCUT2D eigenvalue weighted by atomic mass is 32.1. The van der Waals surface area contributed by atoms with Crippen molar-refractivity contribution in [2.45, 2.75) is 27.2 Å². The minimum atomic E-state index is -0.881. The van der Waals surface area contributed by atoms with Gasteiger partial charge in [0.2, 0.25) is 0 Å². The summed E-state index contributed by atoms with van der Waals surface area (Å²) in [5.74, 6) is -1.43. The van der Waals surface area contributed by atoms with Gasteiger partial charge in [-0.15, -0.1) is 0 Å². The summed E-state index contributed by atoms with van der Waals surface area (Å²) in [6.45, 7) is 6.11. The first kappa shape index (κ1) is 15.4. The van der Waals surface area contributed by atoms with Gasteiger partial charge in [0.15, 0.2) is 5.13 Å². The minimum absolute atomic E-state index is 0.0646. The maximum atomic E-state index is 11.1. The number of nitrogens with zero attached hydrogens (tertiary/aromatic N) is 2. The van der Waals surface area contributed by atoms with Crippen molar-refractivity contribution in [1.29, 1.82) is 0 Å². The molecule has 1 rings (SSSR count). The van der Waals surface area contributed by atoms with Gasteiger partial charge in [-0.25, -0.2) is 4.98 Å². The molecular weight excluding hydrogens is 270 g/mol. The summed E-state index contributed by atoms with van der Waals surface area (Å²) in [7, 11) is 0. The van der Waals surface area contributed by atoms with E-state index in [1.54, 1.807) is 0 Å². The molecule has 7 nitrogen and oxygen atoms in total. The van der Waals surface area contributed by atoms with E-state index in [9.17, 15) is 14.9 Å². The Balaban J connectivity index is 2.60. The second kappa shape index (κ2) is 5.96. The van der Waals surface area contributed by atoms with Crippen LogP contribution < -0.4 is 5.32 Å². The number of nitrogens with one attached hydrogen (secondary N) is 1. The van der Waals surface area contributed by atoms with Gasteiger partial charge in [-0.3, -0.25) is 14.9 Å². The van der Waals surface area contributed by atoms with Gasteiger partial charge in [-0.1, -0.05) is 20.8 Å². The Morgan fingerprint density at radius 2 is 2.26 bits per heavy atom. The maximum absolute atomic E-state index is 11.1. The third kappa shape index (κ3) is 5.21. The fraction of sp³-hybridized carbons (Fsp3) is 0.636. The highest BCUT2D eigenvalue weighted by Crippen LogP contribution is 2.27. The number of aromatic nitrogens is 1. The summed E-state index contributed by atoms with van der Waals surface area (Å²) in [6.07, 6.45) is 1.68. The van der Waals surface area contributed by atoms with Crippen molar-refractivity contribution in [3.05, 3.63) is 16.3 Å². The normalized spacial score (nSPS) is 13.0. The lowest BCUT2D eigenvalue weighted by Gasteiger charge is -2.23. The Labute approximate surface area is 114 Å². The van der Waals surface area contributed by atoms with Crippen LogP contribution in [0.3, 0.4) is 0 Å². The monoisotopic (exact) mass is 287 g/mol. The molecule has 1 aromatic heterocycles. The number of carbonyl (C=O) groups is 1. The first-order valence-electron chi connectivity index (χ1n) is 5.76. The Hall–Kier alpha value is -1.70. The summed E-state index contributed by atoms with van der Waals surface area (Å²) in [4.78, 5) is 25.0. The summed E-state index contributed by atoms with van der Waals surface area (Å²) in [6, 6.07) is 0. The number of hydrogen-bond acceptors (Lipinski definition) is 6. The number of rotatable bonds is 6. The average molecular weight is 287 g/mol. The van der Waals surface area contributed by atoms with E-state index in [0.717, 1.165) is 17.5 Å². The third-order valence-corrected chi connectivity index (χ3v) is 3.29. The number of thiazole rings is 1. The minimum Gasteiger partial charge on any atom is -0.481 e. The topological polar surface area (TPSA) is 105 Å². The van der Waals surface area contributed by atoms with Gasteiger partial charge >= 0.3 is 11.0 Å². The fourth-order valence-electron chi connectivity index (χ4n) is 1.63. The molecule has 0 aromatic carbocycles. The second-order valence-corrected chi connectivity index (χ2v) is 6.45. The zero-order valence-corrected chi connectivity index (χ0v) is 11.9. The molecule has 0 saturated heterocycles. The van der Waals surface area contributed by atoms with Crippen LogP contribution in [0.4, 0.5) is 10.1 Å². The first-order chi connectivity index (χ1) is 8.69. The summed E-state index contributed by atoms with van der Waals surface area (Å²) >= 11 is 0.898. The average Bonchev–Trinajstić information content (AvgIpc) is 2.71. The van der Waals surface area contributed by atoms with Crippen molar-refractivity contribution < 1.29 is 14.8 Å². The Morgan fingerprint density at radius 1 is 1.63 bits per heavy atom. The molecule has 0 bridgehead atoms. The molecule has 0 radical (unpaired) electrons. The number of hydrogen-bond donors (Lipinski definition) is 2. The largest absolute Gasteiger partial charge is 0.481 e. The fourth-order valence-corrected chi connectivity index (χ4v) is 2.27. The van der Waals surface area contributed by atoms with Crippen LogP contribution >= 0.6 is 11.3 Å². The van der Waals surface area contributed by atoms with Crippen molar-refractivity contribution in [2.24, 2.45) is 11.3 Å². The number of carboxylic acids is 1. The van der Waals surface area contributed by atoms with Gasteiger partial charge in [0.25, 0.3) is 0 Å². The van der Waals surface area contributed by atoms with Crippen LogP contribution in [0.1, 0.15) is 27.2 Å². The molecular formula is C11H17N3O4S. The molecule has 0 aliphatic rings. The molecule has 0 fully saturated rings. The summed E-state index contributed by atoms with van der Waals surface area (Å²) in [5, 5.41) is 22.8. The lowest BCUT2D eigenvalue weighted by Crippen LogP contribution is -2.27. The molecule has 0 aliphatic heterocycles. The van der Waals surface area contributed by atoms with Crippen LogP contribution in [0.15, 0.2) is 6.20 Å². The van der Waals surface area contributed by atoms with E-state index in [1.165, 1.54) is 0 Å². The molecule has 1 unspecified atom stereocenters.